The van der Waals surface area contributed by atoms with Gasteiger partial charge in [0.25, 0.3) is 0 Å². The van der Waals surface area contributed by atoms with Crippen molar-refractivity contribution < 1.29 is 14.7 Å². The summed E-state index contributed by atoms with van der Waals surface area (Å²) in [4.78, 5) is 23.2. The fraction of sp³-hybridized carbons (Fsp3) is 0.643. The number of amides is 2. The third-order valence-electron chi connectivity index (χ3n) is 3.76. The molecule has 1 aliphatic carbocycles. The van der Waals surface area contributed by atoms with Gasteiger partial charge in [-0.2, -0.15) is 5.10 Å². The molecule has 1 aliphatic rings. The second kappa shape index (κ2) is 7.21. The van der Waals surface area contributed by atoms with E-state index in [1.54, 1.807) is 4.68 Å². The largest absolute Gasteiger partial charge is 0.396 e. The maximum atomic E-state index is 11.7. The van der Waals surface area contributed by atoms with E-state index in [0.29, 0.717) is 18.2 Å². The van der Waals surface area contributed by atoms with Crippen molar-refractivity contribution in [1.82, 2.24) is 15.1 Å². The maximum absolute atomic E-state index is 11.7. The summed E-state index contributed by atoms with van der Waals surface area (Å²) in [6, 6.07) is 1.84. The van der Waals surface area contributed by atoms with Gasteiger partial charge in [0.05, 0.1) is 0 Å². The molecule has 0 aromatic carbocycles. The first-order chi connectivity index (χ1) is 10.1. The lowest BCUT2D eigenvalue weighted by atomic mass is 10.0. The Kier molecular flexibility index (Phi) is 5.32. The molecule has 1 saturated carbocycles. The van der Waals surface area contributed by atoms with Crippen LogP contribution in [-0.4, -0.2) is 39.9 Å². The Labute approximate surface area is 123 Å². The smallest absolute Gasteiger partial charge is 0.314 e. The fourth-order valence-corrected chi connectivity index (χ4v) is 2.68. The van der Waals surface area contributed by atoms with Crippen LogP contribution in [0.15, 0.2) is 6.07 Å². The number of anilines is 1. The molecular weight excluding hydrogens is 272 g/mol. The number of carbonyl (C=O) groups excluding carboxylic acids is 2. The summed E-state index contributed by atoms with van der Waals surface area (Å²) in [5, 5.41) is 17.8. The van der Waals surface area contributed by atoms with E-state index in [1.807, 2.05) is 13.1 Å². The van der Waals surface area contributed by atoms with Crippen LogP contribution < -0.4 is 10.6 Å². The van der Waals surface area contributed by atoms with Gasteiger partial charge in [-0.25, -0.2) is 0 Å². The number of hydrogen-bond donors (Lipinski definition) is 3. The average molecular weight is 294 g/mol. The first kappa shape index (κ1) is 15.5. The summed E-state index contributed by atoms with van der Waals surface area (Å²) in [5.74, 6) is -0.547. The molecule has 0 saturated heterocycles. The molecule has 0 unspecified atom stereocenters. The van der Waals surface area contributed by atoms with E-state index in [1.165, 1.54) is 12.8 Å². The SMILES string of the molecule is Cn1nc(NC(=O)C(=O)NCCCO)cc1C1CCCC1. The van der Waals surface area contributed by atoms with Gasteiger partial charge >= 0.3 is 11.8 Å². The minimum absolute atomic E-state index is 0.0209. The average Bonchev–Trinajstić information content (AvgIpc) is 3.08. The molecule has 7 heteroatoms. The number of nitrogens with one attached hydrogen (secondary N) is 2. The predicted molar refractivity (Wildman–Crippen MR) is 77.8 cm³/mol. The summed E-state index contributed by atoms with van der Waals surface area (Å²) in [5.41, 5.74) is 1.10. The Bertz CT molecular complexity index is 506. The van der Waals surface area contributed by atoms with E-state index in [4.69, 9.17) is 5.11 Å². The van der Waals surface area contributed by atoms with Gasteiger partial charge in [-0.05, 0) is 19.3 Å². The summed E-state index contributed by atoms with van der Waals surface area (Å²) in [6.45, 7) is 0.255. The van der Waals surface area contributed by atoms with Gasteiger partial charge in [-0.1, -0.05) is 12.8 Å². The Morgan fingerprint density at radius 3 is 2.76 bits per heavy atom. The fourth-order valence-electron chi connectivity index (χ4n) is 2.68. The number of nitrogens with zero attached hydrogens (tertiary/aromatic N) is 2. The zero-order chi connectivity index (χ0) is 15.2. The van der Waals surface area contributed by atoms with Crippen LogP contribution in [0, 0.1) is 0 Å². The molecule has 0 radical (unpaired) electrons. The first-order valence-corrected chi connectivity index (χ1v) is 7.35. The van der Waals surface area contributed by atoms with Crippen LogP contribution in [0.1, 0.15) is 43.7 Å². The Morgan fingerprint density at radius 2 is 2.10 bits per heavy atom. The van der Waals surface area contributed by atoms with Gasteiger partial charge in [-0.15, -0.1) is 0 Å². The highest BCUT2D eigenvalue weighted by atomic mass is 16.3. The number of carbonyl (C=O) groups is 2. The maximum Gasteiger partial charge on any atom is 0.314 e. The van der Waals surface area contributed by atoms with Crippen LogP contribution in [0.5, 0.6) is 0 Å². The van der Waals surface area contributed by atoms with Gasteiger partial charge in [0.1, 0.15) is 0 Å². The lowest BCUT2D eigenvalue weighted by Crippen LogP contribution is -2.36. The highest BCUT2D eigenvalue weighted by molar-refractivity contribution is 6.39. The van der Waals surface area contributed by atoms with Crippen molar-refractivity contribution in [3.63, 3.8) is 0 Å². The Morgan fingerprint density at radius 1 is 1.38 bits per heavy atom. The molecule has 3 N–H and O–H groups in total. The summed E-state index contributed by atoms with van der Waals surface area (Å²) in [7, 11) is 1.85. The van der Waals surface area contributed by atoms with E-state index >= 15 is 0 Å². The topological polar surface area (TPSA) is 96.2 Å². The zero-order valence-electron chi connectivity index (χ0n) is 12.3. The standard InChI is InChI=1S/C14H22N4O3/c1-18-11(10-5-2-3-6-10)9-12(17-18)16-14(21)13(20)15-7-4-8-19/h9-10,19H,2-8H2,1H3,(H,15,20)(H,16,17,21). The van der Waals surface area contributed by atoms with Gasteiger partial charge < -0.3 is 15.7 Å². The van der Waals surface area contributed by atoms with Crippen molar-refractivity contribution in [2.45, 2.75) is 38.0 Å². The second-order valence-electron chi connectivity index (χ2n) is 5.35. The molecule has 0 aliphatic heterocycles. The van der Waals surface area contributed by atoms with Crippen molar-refractivity contribution in [1.29, 1.82) is 0 Å². The van der Waals surface area contributed by atoms with Gasteiger partial charge in [-0.3, -0.25) is 14.3 Å². The van der Waals surface area contributed by atoms with Crippen LogP contribution >= 0.6 is 0 Å². The lowest BCUT2D eigenvalue weighted by Gasteiger charge is -2.07. The molecule has 0 spiro atoms. The van der Waals surface area contributed by atoms with Gasteiger partial charge in [0.2, 0.25) is 0 Å². The van der Waals surface area contributed by atoms with Crippen molar-refractivity contribution in [3.05, 3.63) is 11.8 Å². The normalized spacial score (nSPS) is 15.1. The minimum Gasteiger partial charge on any atom is -0.396 e. The molecular formula is C14H22N4O3. The van der Waals surface area contributed by atoms with Crippen molar-refractivity contribution >= 4 is 17.6 Å². The van der Waals surface area contributed by atoms with Crippen LogP contribution in [0.25, 0.3) is 0 Å². The van der Waals surface area contributed by atoms with E-state index in [2.05, 4.69) is 15.7 Å². The summed E-state index contributed by atoms with van der Waals surface area (Å²) in [6.07, 6.45) is 5.17. The molecule has 1 aromatic heterocycles. The van der Waals surface area contributed by atoms with E-state index < -0.39 is 11.8 Å². The molecule has 7 nitrogen and oxygen atoms in total. The second-order valence-corrected chi connectivity index (χ2v) is 5.35. The van der Waals surface area contributed by atoms with E-state index in [0.717, 1.165) is 18.5 Å². The molecule has 2 amide bonds. The van der Waals surface area contributed by atoms with E-state index in [9.17, 15) is 9.59 Å². The molecule has 116 valence electrons. The predicted octanol–water partition coefficient (Wildman–Crippen LogP) is 0.515. The number of hydrogen-bond acceptors (Lipinski definition) is 4. The Hall–Kier alpha value is -1.89. The first-order valence-electron chi connectivity index (χ1n) is 7.35. The molecule has 0 bridgehead atoms. The number of aromatic nitrogens is 2. The number of aryl methyl sites for hydroxylation is 1. The number of rotatable bonds is 5. The summed E-state index contributed by atoms with van der Waals surface area (Å²) < 4.78 is 1.77. The van der Waals surface area contributed by atoms with Crippen LogP contribution in [0.4, 0.5) is 5.82 Å². The quantitative estimate of drug-likeness (QED) is 0.545. The van der Waals surface area contributed by atoms with Gasteiger partial charge in [0, 0.05) is 37.9 Å². The number of aliphatic hydroxyl groups excluding tert-OH is 1. The Balaban J connectivity index is 1.91. The van der Waals surface area contributed by atoms with E-state index in [-0.39, 0.29) is 13.2 Å². The van der Waals surface area contributed by atoms with Crippen molar-refractivity contribution in [2.24, 2.45) is 7.05 Å². The summed E-state index contributed by atoms with van der Waals surface area (Å²) >= 11 is 0. The highest BCUT2D eigenvalue weighted by Gasteiger charge is 2.22. The third-order valence-corrected chi connectivity index (χ3v) is 3.76. The molecule has 1 fully saturated rings. The van der Waals surface area contributed by atoms with Crippen LogP contribution in [0.2, 0.25) is 0 Å². The molecule has 1 aromatic rings. The molecule has 21 heavy (non-hydrogen) atoms. The third kappa shape index (κ3) is 4.04. The lowest BCUT2D eigenvalue weighted by molar-refractivity contribution is -0.136. The minimum atomic E-state index is -0.732. The molecule has 1 heterocycles. The van der Waals surface area contributed by atoms with Crippen LogP contribution in [0.3, 0.4) is 0 Å². The van der Waals surface area contributed by atoms with Crippen molar-refractivity contribution in [2.75, 3.05) is 18.5 Å². The van der Waals surface area contributed by atoms with Crippen molar-refractivity contribution in [3.8, 4) is 0 Å². The zero-order valence-corrected chi connectivity index (χ0v) is 12.3. The number of aliphatic hydroxyl groups is 1. The van der Waals surface area contributed by atoms with Crippen LogP contribution in [-0.2, 0) is 16.6 Å². The highest BCUT2D eigenvalue weighted by Crippen LogP contribution is 2.34. The molecule has 0 atom stereocenters. The monoisotopic (exact) mass is 294 g/mol. The van der Waals surface area contributed by atoms with Gasteiger partial charge in [0.15, 0.2) is 5.82 Å². The molecule has 2 rings (SSSR count).